The molecule has 2 aromatic rings. The van der Waals surface area contributed by atoms with Crippen LogP contribution in [-0.2, 0) is 20.4 Å². The molecule has 2 heterocycles. The van der Waals surface area contributed by atoms with E-state index in [2.05, 4.69) is 26.1 Å². The Hall–Kier alpha value is -2.27. The molecule has 1 aromatic heterocycles. The molecule has 1 amide bonds. The van der Waals surface area contributed by atoms with Crippen molar-refractivity contribution in [3.63, 3.8) is 0 Å². The number of carbonyl (C=O) groups excluding carboxylic acids is 1. The average molecular weight is 477 g/mol. The first-order valence-electron chi connectivity index (χ1n) is 11.5. The molecular formula is C23H36N6O3S. The second-order valence-corrected chi connectivity index (χ2v) is 11.2. The minimum atomic E-state index is -3.44. The van der Waals surface area contributed by atoms with E-state index in [9.17, 15) is 13.2 Å². The molecular weight excluding hydrogens is 440 g/mol. The van der Waals surface area contributed by atoms with Gasteiger partial charge >= 0.3 is 0 Å². The lowest BCUT2D eigenvalue weighted by atomic mass is 9.92. The van der Waals surface area contributed by atoms with Gasteiger partial charge in [-0.2, -0.15) is 22.1 Å². The van der Waals surface area contributed by atoms with E-state index < -0.39 is 10.2 Å². The lowest BCUT2D eigenvalue weighted by Crippen LogP contribution is -2.54. The molecule has 0 saturated carbocycles. The number of benzene rings is 1. The van der Waals surface area contributed by atoms with Crippen LogP contribution in [0.4, 0.5) is 5.82 Å². The molecule has 0 radical (unpaired) electrons. The van der Waals surface area contributed by atoms with Gasteiger partial charge in [-0.1, -0.05) is 52.8 Å². The topological polar surface area (TPSA) is 90.8 Å². The quantitative estimate of drug-likeness (QED) is 0.631. The highest BCUT2D eigenvalue weighted by Crippen LogP contribution is 2.26. The normalized spacial score (nSPS) is 16.3. The fraction of sp³-hybridized carbons (Fsp3) is 0.565. The van der Waals surface area contributed by atoms with Crippen molar-refractivity contribution in [2.24, 2.45) is 0 Å². The van der Waals surface area contributed by atoms with E-state index in [-0.39, 0.29) is 17.9 Å². The molecule has 33 heavy (non-hydrogen) atoms. The number of carbonyl (C=O) groups is 1. The van der Waals surface area contributed by atoms with E-state index in [0.717, 1.165) is 11.4 Å². The minimum Gasteiger partial charge on any atom is -0.309 e. The Morgan fingerprint density at radius 1 is 1.06 bits per heavy atom. The lowest BCUT2D eigenvalue weighted by molar-refractivity contribution is -0.117. The molecule has 0 spiro atoms. The first-order chi connectivity index (χ1) is 15.6. The van der Waals surface area contributed by atoms with Crippen LogP contribution >= 0.6 is 0 Å². The number of amides is 1. The van der Waals surface area contributed by atoms with Crippen molar-refractivity contribution in [2.75, 3.05) is 51.1 Å². The summed E-state index contributed by atoms with van der Waals surface area (Å²) in [6.45, 7) is 12.8. The standard InChI is InChI=1S/C23H36N6O3S/c1-6-27(7-2)33(31,32)28-15-13-26(14-16-28)18-22(30)24-21-17-20(23(3,4)5)25-29(21)19-11-9-8-10-12-19/h8-12,17H,6-7,13-16,18H2,1-5H3,(H,24,30). The van der Waals surface area contributed by atoms with E-state index in [1.165, 1.54) is 8.61 Å². The third-order valence-corrected chi connectivity index (χ3v) is 7.99. The molecule has 1 aromatic carbocycles. The molecule has 1 N–H and O–H groups in total. The highest BCUT2D eigenvalue weighted by molar-refractivity contribution is 7.86. The maximum atomic E-state index is 12.9. The van der Waals surface area contributed by atoms with E-state index in [1.54, 1.807) is 4.68 Å². The maximum absolute atomic E-state index is 12.9. The number of nitrogens with zero attached hydrogens (tertiary/aromatic N) is 5. The minimum absolute atomic E-state index is 0.146. The van der Waals surface area contributed by atoms with Gasteiger partial charge < -0.3 is 5.32 Å². The smallest absolute Gasteiger partial charge is 0.282 e. The number of nitrogens with one attached hydrogen (secondary N) is 1. The van der Waals surface area contributed by atoms with Crippen molar-refractivity contribution in [1.82, 2.24) is 23.3 Å². The van der Waals surface area contributed by atoms with Crippen LogP contribution in [0.15, 0.2) is 36.4 Å². The van der Waals surface area contributed by atoms with Crippen molar-refractivity contribution >= 4 is 21.9 Å². The first-order valence-corrected chi connectivity index (χ1v) is 12.9. The van der Waals surface area contributed by atoms with Gasteiger partial charge in [0.2, 0.25) is 5.91 Å². The summed E-state index contributed by atoms with van der Waals surface area (Å²) in [7, 11) is -3.44. The van der Waals surface area contributed by atoms with Gasteiger partial charge in [0.05, 0.1) is 17.9 Å². The fourth-order valence-corrected chi connectivity index (χ4v) is 5.42. The Morgan fingerprint density at radius 3 is 2.21 bits per heavy atom. The number of aromatic nitrogens is 2. The summed E-state index contributed by atoms with van der Waals surface area (Å²) in [5, 5.41) is 7.74. The SMILES string of the molecule is CCN(CC)S(=O)(=O)N1CCN(CC(=O)Nc2cc(C(C)(C)C)nn2-c2ccccc2)CC1. The zero-order chi connectivity index (χ0) is 24.2. The van der Waals surface area contributed by atoms with Crippen molar-refractivity contribution in [2.45, 2.75) is 40.0 Å². The van der Waals surface area contributed by atoms with Gasteiger partial charge in [-0.3, -0.25) is 9.69 Å². The largest absolute Gasteiger partial charge is 0.309 e. The number of anilines is 1. The van der Waals surface area contributed by atoms with Gasteiger partial charge in [-0.05, 0) is 12.1 Å². The molecule has 10 heteroatoms. The Kier molecular flexibility index (Phi) is 7.94. The predicted molar refractivity (Wildman–Crippen MR) is 131 cm³/mol. The van der Waals surface area contributed by atoms with Gasteiger partial charge in [0, 0.05) is 50.7 Å². The third kappa shape index (κ3) is 6.00. The van der Waals surface area contributed by atoms with Gasteiger partial charge in [-0.15, -0.1) is 0 Å². The first kappa shape index (κ1) is 25.4. The number of rotatable bonds is 8. The molecule has 0 atom stereocenters. The molecule has 0 unspecified atom stereocenters. The summed E-state index contributed by atoms with van der Waals surface area (Å²) >= 11 is 0. The Morgan fingerprint density at radius 2 is 1.67 bits per heavy atom. The molecule has 182 valence electrons. The van der Waals surface area contributed by atoms with Crippen LogP contribution in [-0.4, -0.2) is 83.4 Å². The van der Waals surface area contributed by atoms with Crippen LogP contribution < -0.4 is 5.32 Å². The van der Waals surface area contributed by atoms with Crippen LogP contribution in [0.25, 0.3) is 5.69 Å². The maximum Gasteiger partial charge on any atom is 0.282 e. The van der Waals surface area contributed by atoms with Crippen LogP contribution in [0.5, 0.6) is 0 Å². The number of para-hydroxylation sites is 1. The molecule has 9 nitrogen and oxygen atoms in total. The van der Waals surface area contributed by atoms with Gasteiger partial charge in [0.15, 0.2) is 0 Å². The summed E-state index contributed by atoms with van der Waals surface area (Å²) in [5.74, 6) is 0.478. The van der Waals surface area contributed by atoms with Gasteiger partial charge in [-0.25, -0.2) is 4.68 Å². The molecule has 1 fully saturated rings. The summed E-state index contributed by atoms with van der Waals surface area (Å²) in [5.41, 5.74) is 1.60. The van der Waals surface area contributed by atoms with E-state index in [4.69, 9.17) is 5.10 Å². The number of hydrogen-bond acceptors (Lipinski definition) is 5. The Balaban J connectivity index is 1.66. The summed E-state index contributed by atoms with van der Waals surface area (Å²) in [6, 6.07) is 11.6. The van der Waals surface area contributed by atoms with Crippen molar-refractivity contribution in [3.05, 3.63) is 42.1 Å². The summed E-state index contributed by atoms with van der Waals surface area (Å²) in [4.78, 5) is 14.9. The average Bonchev–Trinajstić information content (AvgIpc) is 3.19. The predicted octanol–water partition coefficient (Wildman–Crippen LogP) is 2.31. The van der Waals surface area contributed by atoms with Crippen LogP contribution in [0.2, 0.25) is 0 Å². The van der Waals surface area contributed by atoms with E-state index in [0.29, 0.717) is 45.1 Å². The summed E-state index contributed by atoms with van der Waals surface area (Å²) in [6.07, 6.45) is 0. The van der Waals surface area contributed by atoms with Gasteiger partial charge in [0.25, 0.3) is 10.2 Å². The monoisotopic (exact) mass is 476 g/mol. The molecule has 0 bridgehead atoms. The second kappa shape index (κ2) is 10.3. The lowest BCUT2D eigenvalue weighted by Gasteiger charge is -2.35. The van der Waals surface area contributed by atoms with E-state index in [1.807, 2.05) is 55.1 Å². The van der Waals surface area contributed by atoms with Crippen molar-refractivity contribution < 1.29 is 13.2 Å². The highest BCUT2D eigenvalue weighted by Gasteiger charge is 2.31. The zero-order valence-electron chi connectivity index (χ0n) is 20.3. The molecule has 0 aliphatic carbocycles. The highest BCUT2D eigenvalue weighted by atomic mass is 32.2. The number of hydrogen-bond donors (Lipinski definition) is 1. The summed E-state index contributed by atoms with van der Waals surface area (Å²) < 4.78 is 30.2. The van der Waals surface area contributed by atoms with Crippen LogP contribution in [0, 0.1) is 0 Å². The Labute approximate surface area is 197 Å². The van der Waals surface area contributed by atoms with Crippen molar-refractivity contribution in [1.29, 1.82) is 0 Å². The molecule has 1 aliphatic heterocycles. The molecule has 1 saturated heterocycles. The van der Waals surface area contributed by atoms with Crippen LogP contribution in [0.1, 0.15) is 40.3 Å². The third-order valence-electron chi connectivity index (χ3n) is 5.80. The Bertz CT molecular complexity index is 1030. The van der Waals surface area contributed by atoms with Gasteiger partial charge in [0.1, 0.15) is 5.82 Å². The number of piperazine rings is 1. The fourth-order valence-electron chi connectivity index (χ4n) is 3.82. The van der Waals surface area contributed by atoms with E-state index >= 15 is 0 Å². The zero-order valence-corrected chi connectivity index (χ0v) is 21.1. The molecule has 1 aliphatic rings. The van der Waals surface area contributed by atoms with Crippen molar-refractivity contribution in [3.8, 4) is 5.69 Å². The second-order valence-electron chi connectivity index (χ2n) is 9.23. The molecule has 3 rings (SSSR count). The van der Waals surface area contributed by atoms with Crippen LogP contribution in [0.3, 0.4) is 0 Å².